The molecule has 6 aromatic rings. The molecule has 1 unspecified atom stereocenters. The second kappa shape index (κ2) is 15.1. The molecular weight excluding hydrogens is 661 g/mol. The third-order valence-corrected chi connectivity index (χ3v) is 10.1. The summed E-state index contributed by atoms with van der Waals surface area (Å²) in [6.45, 7) is 4.79. The van der Waals surface area contributed by atoms with Crippen molar-refractivity contribution in [1.82, 2.24) is 9.88 Å². The highest BCUT2D eigenvalue weighted by Crippen LogP contribution is 2.46. The number of amides is 1. The van der Waals surface area contributed by atoms with Crippen molar-refractivity contribution in [3.63, 3.8) is 0 Å². The zero-order chi connectivity index (χ0) is 36.8. The number of para-hydroxylation sites is 1. The largest absolute Gasteiger partial charge is 0.418 e. The summed E-state index contributed by atoms with van der Waals surface area (Å²) in [5.74, 6) is 0.270. The van der Waals surface area contributed by atoms with E-state index in [0.717, 1.165) is 33.5 Å². The van der Waals surface area contributed by atoms with Gasteiger partial charge in [-0.3, -0.25) is 19.8 Å². The second-order valence-electron chi connectivity index (χ2n) is 13.7. The van der Waals surface area contributed by atoms with Gasteiger partial charge >= 0.3 is 6.09 Å². The number of aromatic nitrogens is 1. The number of anilines is 2. The molecule has 1 aliphatic heterocycles. The van der Waals surface area contributed by atoms with Gasteiger partial charge in [-0.2, -0.15) is 0 Å². The molecule has 1 atom stereocenters. The first-order valence-corrected chi connectivity index (χ1v) is 17.6. The Bertz CT molecular complexity index is 2080. The zero-order valence-electron chi connectivity index (χ0n) is 29.6. The van der Waals surface area contributed by atoms with Crippen LogP contribution in [0.25, 0.3) is 0 Å². The number of carbonyl (C=O) groups excluding carboxylic acids is 3. The van der Waals surface area contributed by atoms with Gasteiger partial charge < -0.3 is 9.64 Å². The summed E-state index contributed by atoms with van der Waals surface area (Å²) in [7, 11) is 0. The van der Waals surface area contributed by atoms with Crippen LogP contribution in [0, 0.1) is 0 Å². The van der Waals surface area contributed by atoms with E-state index in [9.17, 15) is 14.4 Å². The van der Waals surface area contributed by atoms with Crippen molar-refractivity contribution in [2.75, 3.05) is 16.9 Å². The Labute approximate surface area is 309 Å². The van der Waals surface area contributed by atoms with Crippen LogP contribution in [-0.4, -0.2) is 46.3 Å². The Hall–Kier alpha value is -6.38. The summed E-state index contributed by atoms with van der Waals surface area (Å²) < 4.78 is 5.37. The number of aldehydes is 1. The second-order valence-corrected chi connectivity index (χ2v) is 13.7. The molecule has 7 rings (SSSR count). The number of nitrogens with zero attached hydrogens (tertiary/aromatic N) is 3. The summed E-state index contributed by atoms with van der Waals surface area (Å²) >= 11 is 0. The predicted octanol–water partition coefficient (Wildman–Crippen LogP) is 8.27. The van der Waals surface area contributed by atoms with Gasteiger partial charge in [-0.05, 0) is 78.1 Å². The Kier molecular flexibility index (Phi) is 9.97. The molecule has 1 amide bonds. The predicted molar refractivity (Wildman–Crippen MR) is 207 cm³/mol. The van der Waals surface area contributed by atoms with Crippen LogP contribution < -0.4 is 15.0 Å². The van der Waals surface area contributed by atoms with Crippen LogP contribution in [0.5, 0.6) is 5.75 Å². The van der Waals surface area contributed by atoms with Crippen LogP contribution in [0.15, 0.2) is 164 Å². The number of ketones is 1. The number of Topliss-reactive ketones (excluding diaryl/α,β-unsaturated/α-hetero) is 1. The fourth-order valence-corrected chi connectivity index (χ4v) is 7.61. The molecule has 5 aromatic carbocycles. The van der Waals surface area contributed by atoms with Crippen LogP contribution in [0.1, 0.15) is 41.7 Å². The molecule has 0 bridgehead atoms. The molecule has 53 heavy (non-hydrogen) atoms. The standard InChI is InChI=1S/C45H40N4O4/c1-44(2)42(40(51)31-50)49(32-48(44)30-33-27-28-46-41(29-33)47-43(52)53-39-21-13-6-14-22-39)38-25-23-37(24-26-38)45(34-15-7-3-8-16-34,35-17-9-4-10-18-35)36-19-11-5-12-20-36/h3-29,31,42H,30,32H2,1-2H3,(H,46,47,52). The van der Waals surface area contributed by atoms with Gasteiger partial charge in [-0.25, -0.2) is 9.78 Å². The van der Waals surface area contributed by atoms with Gasteiger partial charge in [0.1, 0.15) is 17.6 Å². The Morgan fingerprint density at radius 1 is 0.755 bits per heavy atom. The summed E-state index contributed by atoms with van der Waals surface area (Å²) in [4.78, 5) is 46.5. The maximum Gasteiger partial charge on any atom is 0.418 e. The molecule has 8 nitrogen and oxygen atoms in total. The quantitative estimate of drug-likeness (QED) is 0.0827. The molecule has 0 radical (unpaired) electrons. The molecule has 0 spiro atoms. The lowest BCUT2D eigenvalue weighted by Gasteiger charge is -2.37. The number of ether oxygens (including phenoxy) is 1. The van der Waals surface area contributed by atoms with Crippen molar-refractivity contribution in [1.29, 1.82) is 0 Å². The van der Waals surface area contributed by atoms with E-state index in [1.165, 1.54) is 0 Å². The molecule has 8 heteroatoms. The molecule has 264 valence electrons. The Morgan fingerprint density at radius 3 is 1.79 bits per heavy atom. The van der Waals surface area contributed by atoms with Crippen LogP contribution in [0.3, 0.4) is 0 Å². The highest BCUT2D eigenvalue weighted by molar-refractivity contribution is 6.29. The van der Waals surface area contributed by atoms with E-state index in [4.69, 9.17) is 4.74 Å². The van der Waals surface area contributed by atoms with E-state index in [1.54, 1.807) is 36.5 Å². The van der Waals surface area contributed by atoms with Gasteiger partial charge in [0.25, 0.3) is 0 Å². The smallest absolute Gasteiger partial charge is 0.410 e. The van der Waals surface area contributed by atoms with E-state index in [2.05, 4.69) is 112 Å². The van der Waals surface area contributed by atoms with E-state index in [1.807, 2.05) is 49.1 Å². The van der Waals surface area contributed by atoms with Crippen LogP contribution in [0.2, 0.25) is 0 Å². The van der Waals surface area contributed by atoms with Crippen LogP contribution in [0.4, 0.5) is 16.3 Å². The molecule has 1 aliphatic rings. The normalized spacial score (nSPS) is 15.4. The Morgan fingerprint density at radius 2 is 1.26 bits per heavy atom. The van der Waals surface area contributed by atoms with Crippen molar-refractivity contribution >= 4 is 29.7 Å². The average Bonchev–Trinajstić information content (AvgIpc) is 3.45. The topological polar surface area (TPSA) is 91.8 Å². The highest BCUT2D eigenvalue weighted by Gasteiger charge is 2.50. The number of rotatable bonds is 11. The Balaban J connectivity index is 1.20. The maximum absolute atomic E-state index is 13.4. The first-order chi connectivity index (χ1) is 25.8. The summed E-state index contributed by atoms with van der Waals surface area (Å²) in [6, 6.07) is 51.6. The molecule has 2 heterocycles. The van der Waals surface area contributed by atoms with Gasteiger partial charge in [-0.15, -0.1) is 0 Å². The minimum absolute atomic E-state index is 0.340. The molecule has 0 aliphatic carbocycles. The highest BCUT2D eigenvalue weighted by atomic mass is 16.6. The number of benzene rings is 5. The molecular formula is C45H40N4O4. The van der Waals surface area contributed by atoms with Crippen molar-refractivity contribution < 1.29 is 19.1 Å². The average molecular weight is 701 g/mol. The fraction of sp³-hybridized carbons (Fsp3) is 0.156. The summed E-state index contributed by atoms with van der Waals surface area (Å²) in [5, 5.41) is 2.70. The van der Waals surface area contributed by atoms with Crippen LogP contribution >= 0.6 is 0 Å². The van der Waals surface area contributed by atoms with Gasteiger partial charge in [0.2, 0.25) is 5.78 Å². The fourth-order valence-electron chi connectivity index (χ4n) is 7.61. The number of carbonyl (C=O) groups is 3. The summed E-state index contributed by atoms with van der Waals surface area (Å²) in [5.41, 5.74) is 4.83. The molecule has 1 aromatic heterocycles. The third kappa shape index (κ3) is 6.97. The van der Waals surface area contributed by atoms with Crippen molar-refractivity contribution in [2.24, 2.45) is 0 Å². The lowest BCUT2D eigenvalue weighted by molar-refractivity contribution is -0.131. The lowest BCUT2D eigenvalue weighted by Crippen LogP contribution is -2.51. The minimum atomic E-state index is -0.728. The number of pyridine rings is 1. The van der Waals surface area contributed by atoms with Gasteiger partial charge in [-0.1, -0.05) is 121 Å². The van der Waals surface area contributed by atoms with Crippen molar-refractivity contribution in [3.05, 3.63) is 192 Å². The van der Waals surface area contributed by atoms with Crippen LogP contribution in [-0.2, 0) is 21.5 Å². The molecule has 1 saturated heterocycles. The SMILES string of the molecule is CC1(C)C(C(=O)C=O)N(c2ccc(C(c3ccccc3)(c3ccccc3)c3ccccc3)cc2)CN1Cc1ccnc(NC(=O)Oc2ccccc2)c1. The maximum atomic E-state index is 13.4. The summed E-state index contributed by atoms with van der Waals surface area (Å²) in [6.07, 6.45) is 1.40. The lowest BCUT2D eigenvalue weighted by atomic mass is 9.65. The first-order valence-electron chi connectivity index (χ1n) is 17.6. The van der Waals surface area contributed by atoms with E-state index < -0.39 is 28.9 Å². The van der Waals surface area contributed by atoms with Crippen molar-refractivity contribution in [2.45, 2.75) is 37.4 Å². The number of hydrogen-bond acceptors (Lipinski definition) is 7. The molecule has 1 fully saturated rings. The third-order valence-electron chi connectivity index (χ3n) is 10.1. The van der Waals surface area contributed by atoms with E-state index >= 15 is 0 Å². The van der Waals surface area contributed by atoms with E-state index in [-0.39, 0.29) is 0 Å². The minimum Gasteiger partial charge on any atom is -0.410 e. The van der Waals surface area contributed by atoms with Gasteiger partial charge in [0.05, 0.1) is 12.1 Å². The van der Waals surface area contributed by atoms with E-state index in [0.29, 0.717) is 31.1 Å². The van der Waals surface area contributed by atoms with Crippen molar-refractivity contribution in [3.8, 4) is 5.75 Å². The molecule has 1 N–H and O–H groups in total. The molecule has 0 saturated carbocycles. The monoisotopic (exact) mass is 700 g/mol. The first kappa shape index (κ1) is 35.0. The van der Waals surface area contributed by atoms with Gasteiger partial charge in [0, 0.05) is 24.0 Å². The zero-order valence-corrected chi connectivity index (χ0v) is 29.6. The van der Waals surface area contributed by atoms with Gasteiger partial charge in [0.15, 0.2) is 6.29 Å². The number of nitrogens with one attached hydrogen (secondary N) is 1. The number of hydrogen-bond donors (Lipinski definition) is 1.